The largest absolute Gasteiger partial charge is 0.316 e. The second-order valence-electron chi connectivity index (χ2n) is 3.09. The minimum absolute atomic E-state index is 0.466. The fourth-order valence-electron chi connectivity index (χ4n) is 1.27. The molecule has 0 aromatic heterocycles. The number of hydrogen-bond acceptors (Lipinski definition) is 4. The number of benzene rings is 1. The Labute approximate surface area is 95.0 Å². The predicted molar refractivity (Wildman–Crippen MR) is 66.1 cm³/mol. The normalized spacial score (nSPS) is 12.0. The van der Waals surface area contributed by atoms with Gasteiger partial charge in [0.1, 0.15) is 0 Å². The van der Waals surface area contributed by atoms with Crippen LogP contribution in [0, 0.1) is 0 Å². The standard InChI is InChI=1S/C11H15N5/c1-12-8-9-4-6-10(7-5-9)11(15-13-2)16-14-3/h4-7,12H,2,8H2,1,3H3/b15-11-,16-14-. The van der Waals surface area contributed by atoms with E-state index in [1.807, 2.05) is 31.3 Å². The molecule has 5 heteroatoms. The molecule has 0 aliphatic carbocycles. The Hall–Kier alpha value is -1.88. The van der Waals surface area contributed by atoms with Crippen molar-refractivity contribution < 1.29 is 0 Å². The highest BCUT2D eigenvalue weighted by Crippen LogP contribution is 2.07. The van der Waals surface area contributed by atoms with E-state index in [2.05, 4.69) is 32.5 Å². The molecule has 0 saturated heterocycles. The van der Waals surface area contributed by atoms with E-state index >= 15 is 0 Å². The molecule has 0 bridgehead atoms. The first kappa shape index (κ1) is 12.2. The van der Waals surface area contributed by atoms with E-state index in [9.17, 15) is 0 Å². The summed E-state index contributed by atoms with van der Waals surface area (Å²) in [4.78, 5) is 0. The highest BCUT2D eigenvalue weighted by Gasteiger charge is 2.01. The van der Waals surface area contributed by atoms with Crippen molar-refractivity contribution in [2.24, 2.45) is 20.4 Å². The fourth-order valence-corrected chi connectivity index (χ4v) is 1.27. The van der Waals surface area contributed by atoms with Crippen LogP contribution in [0.25, 0.3) is 0 Å². The summed E-state index contributed by atoms with van der Waals surface area (Å²) in [6.07, 6.45) is 0. The van der Waals surface area contributed by atoms with Crippen molar-refractivity contribution >= 4 is 12.6 Å². The van der Waals surface area contributed by atoms with Crippen molar-refractivity contribution in [3.63, 3.8) is 0 Å². The summed E-state index contributed by atoms with van der Waals surface area (Å²) in [5.74, 6) is 0.466. The predicted octanol–water partition coefficient (Wildman–Crippen LogP) is 1.85. The molecule has 0 spiro atoms. The van der Waals surface area contributed by atoms with E-state index in [0.717, 1.165) is 12.1 Å². The van der Waals surface area contributed by atoms with E-state index in [4.69, 9.17) is 0 Å². The van der Waals surface area contributed by atoms with Crippen LogP contribution in [0.4, 0.5) is 0 Å². The van der Waals surface area contributed by atoms with Crippen LogP contribution in [-0.2, 0) is 6.54 Å². The molecule has 0 atom stereocenters. The second kappa shape index (κ2) is 6.58. The Kier molecular flexibility index (Phi) is 5.01. The van der Waals surface area contributed by atoms with Crippen LogP contribution in [0.15, 0.2) is 44.7 Å². The quantitative estimate of drug-likeness (QED) is 0.356. The van der Waals surface area contributed by atoms with Crippen molar-refractivity contribution in [2.75, 3.05) is 14.1 Å². The first-order chi connectivity index (χ1) is 7.81. The third-order valence-corrected chi connectivity index (χ3v) is 1.95. The molecule has 0 heterocycles. The van der Waals surface area contributed by atoms with E-state index in [1.165, 1.54) is 5.56 Å². The molecule has 0 fully saturated rings. The molecule has 1 rings (SSSR count). The number of azo groups is 1. The van der Waals surface area contributed by atoms with Crippen LogP contribution in [0.2, 0.25) is 0 Å². The number of nitrogens with one attached hydrogen (secondary N) is 1. The van der Waals surface area contributed by atoms with Gasteiger partial charge < -0.3 is 5.32 Å². The van der Waals surface area contributed by atoms with Crippen LogP contribution in [0.1, 0.15) is 11.1 Å². The minimum Gasteiger partial charge on any atom is -0.316 e. The van der Waals surface area contributed by atoms with E-state index in [-0.39, 0.29) is 0 Å². The molecule has 0 amide bonds. The summed E-state index contributed by atoms with van der Waals surface area (Å²) < 4.78 is 0. The molecule has 0 aliphatic heterocycles. The lowest BCUT2D eigenvalue weighted by Crippen LogP contribution is -2.05. The van der Waals surface area contributed by atoms with Gasteiger partial charge >= 0.3 is 0 Å². The van der Waals surface area contributed by atoms with E-state index in [1.54, 1.807) is 7.05 Å². The molecule has 5 nitrogen and oxygen atoms in total. The zero-order chi connectivity index (χ0) is 11.8. The van der Waals surface area contributed by atoms with Gasteiger partial charge in [0.25, 0.3) is 0 Å². The first-order valence-electron chi connectivity index (χ1n) is 4.89. The van der Waals surface area contributed by atoms with Gasteiger partial charge in [-0.2, -0.15) is 10.2 Å². The lowest BCUT2D eigenvalue weighted by atomic mass is 10.1. The molecule has 84 valence electrons. The molecule has 0 aliphatic rings. The molecule has 0 saturated carbocycles. The van der Waals surface area contributed by atoms with Gasteiger partial charge in [-0.3, -0.25) is 0 Å². The van der Waals surface area contributed by atoms with Gasteiger partial charge in [0.15, 0.2) is 0 Å². The van der Waals surface area contributed by atoms with E-state index in [0.29, 0.717) is 5.84 Å². The highest BCUT2D eigenvalue weighted by atomic mass is 15.3. The highest BCUT2D eigenvalue weighted by molar-refractivity contribution is 5.99. The zero-order valence-corrected chi connectivity index (χ0v) is 9.51. The Balaban J connectivity index is 2.94. The average molecular weight is 217 g/mol. The molecule has 16 heavy (non-hydrogen) atoms. The van der Waals surface area contributed by atoms with Crippen molar-refractivity contribution in [3.8, 4) is 0 Å². The minimum atomic E-state index is 0.466. The van der Waals surface area contributed by atoms with Crippen molar-refractivity contribution in [3.05, 3.63) is 35.4 Å². The van der Waals surface area contributed by atoms with Gasteiger partial charge in [-0.05, 0) is 12.6 Å². The average Bonchev–Trinajstić information content (AvgIpc) is 2.30. The lowest BCUT2D eigenvalue weighted by molar-refractivity contribution is 0.818. The first-order valence-corrected chi connectivity index (χ1v) is 4.89. The maximum Gasteiger partial charge on any atom is 0.202 e. The third-order valence-electron chi connectivity index (χ3n) is 1.95. The van der Waals surface area contributed by atoms with Crippen LogP contribution in [-0.4, -0.2) is 26.6 Å². The second-order valence-corrected chi connectivity index (χ2v) is 3.09. The van der Waals surface area contributed by atoms with Crippen LogP contribution in [0.3, 0.4) is 0 Å². The Morgan fingerprint density at radius 3 is 2.50 bits per heavy atom. The maximum atomic E-state index is 3.89. The van der Waals surface area contributed by atoms with Crippen LogP contribution < -0.4 is 5.32 Å². The van der Waals surface area contributed by atoms with Gasteiger partial charge in [0.2, 0.25) is 5.84 Å². The van der Waals surface area contributed by atoms with Crippen molar-refractivity contribution in [1.29, 1.82) is 0 Å². The third kappa shape index (κ3) is 3.36. The Morgan fingerprint density at radius 1 is 1.31 bits per heavy atom. The number of amidine groups is 1. The smallest absolute Gasteiger partial charge is 0.202 e. The SMILES string of the molecule is C=N/N=C(\N=N/C)c1ccc(CNC)cc1. The molecular formula is C11H15N5. The van der Waals surface area contributed by atoms with Crippen LogP contribution >= 0.6 is 0 Å². The van der Waals surface area contributed by atoms with E-state index < -0.39 is 0 Å². The summed E-state index contributed by atoms with van der Waals surface area (Å²) >= 11 is 0. The van der Waals surface area contributed by atoms with Gasteiger partial charge in [-0.25, -0.2) is 0 Å². The molecule has 1 N–H and O–H groups in total. The van der Waals surface area contributed by atoms with Crippen molar-refractivity contribution in [2.45, 2.75) is 6.54 Å². The number of nitrogens with zero attached hydrogens (tertiary/aromatic N) is 4. The van der Waals surface area contributed by atoms with Gasteiger partial charge in [0, 0.05) is 25.9 Å². The van der Waals surface area contributed by atoms with Gasteiger partial charge in [0.05, 0.1) is 0 Å². The summed E-state index contributed by atoms with van der Waals surface area (Å²) in [7, 11) is 3.50. The summed E-state index contributed by atoms with van der Waals surface area (Å²) in [5.41, 5.74) is 2.07. The van der Waals surface area contributed by atoms with Crippen LogP contribution in [0.5, 0.6) is 0 Å². The fraction of sp³-hybridized carbons (Fsp3) is 0.273. The molecule has 1 aromatic rings. The molecular weight excluding hydrogens is 202 g/mol. The number of rotatable bonds is 4. The Morgan fingerprint density at radius 2 is 2.00 bits per heavy atom. The van der Waals surface area contributed by atoms with Gasteiger partial charge in [-0.1, -0.05) is 24.3 Å². The van der Waals surface area contributed by atoms with Gasteiger partial charge in [-0.15, -0.1) is 10.2 Å². The lowest BCUT2D eigenvalue weighted by Gasteiger charge is -2.01. The summed E-state index contributed by atoms with van der Waals surface area (Å²) in [6.45, 7) is 4.14. The molecule has 0 radical (unpaired) electrons. The Bertz CT molecular complexity index is 391. The summed E-state index contributed by atoms with van der Waals surface area (Å²) in [6, 6.07) is 7.89. The topological polar surface area (TPSA) is 61.5 Å². The zero-order valence-electron chi connectivity index (χ0n) is 9.51. The molecule has 0 unspecified atom stereocenters. The maximum absolute atomic E-state index is 3.89. The molecule has 1 aromatic carbocycles. The summed E-state index contributed by atoms with van der Waals surface area (Å²) in [5, 5.41) is 17.9. The van der Waals surface area contributed by atoms with Crippen molar-refractivity contribution in [1.82, 2.24) is 5.32 Å². The number of hydrogen-bond donors (Lipinski definition) is 1. The monoisotopic (exact) mass is 217 g/mol.